The Morgan fingerprint density at radius 1 is 1.70 bits per heavy atom. The molecular formula is C14H23N3O2S. The average molecular weight is 297 g/mol. The number of carbonyl (C=O) groups excluding carboxylic acids is 1. The van der Waals surface area contributed by atoms with Gasteiger partial charge in [-0.05, 0) is 33.7 Å². The molecule has 20 heavy (non-hydrogen) atoms. The van der Waals surface area contributed by atoms with Crippen molar-refractivity contribution >= 4 is 17.2 Å². The first-order chi connectivity index (χ1) is 9.56. The Hall–Kier alpha value is -0.980. The van der Waals surface area contributed by atoms with Crippen molar-refractivity contribution in [3.05, 3.63) is 16.1 Å². The highest BCUT2D eigenvalue weighted by atomic mass is 32.1. The number of likely N-dealkylation sites (N-methyl/N-ethyl adjacent to an activating group) is 1. The topological polar surface area (TPSA) is 54.5 Å². The lowest BCUT2D eigenvalue weighted by molar-refractivity contribution is -0.126. The molecule has 2 rings (SSSR count). The second-order valence-electron chi connectivity index (χ2n) is 5.32. The van der Waals surface area contributed by atoms with E-state index in [1.165, 1.54) is 4.88 Å². The number of aromatic nitrogens is 1. The van der Waals surface area contributed by atoms with Crippen molar-refractivity contribution in [3.63, 3.8) is 0 Å². The molecule has 1 aromatic heterocycles. The number of ether oxygens (including phenoxy) is 1. The SMILES string of the molecule is Cc1ncc(CN(C)C(C)C(=O)NCC2CCCO2)s1. The molecule has 1 fully saturated rings. The summed E-state index contributed by atoms with van der Waals surface area (Å²) in [6.45, 7) is 6.11. The van der Waals surface area contributed by atoms with Crippen LogP contribution in [0.15, 0.2) is 6.20 Å². The predicted molar refractivity (Wildman–Crippen MR) is 79.8 cm³/mol. The van der Waals surface area contributed by atoms with Gasteiger partial charge in [0.2, 0.25) is 5.91 Å². The number of amides is 1. The monoisotopic (exact) mass is 297 g/mol. The van der Waals surface area contributed by atoms with Gasteiger partial charge in [0.25, 0.3) is 0 Å². The smallest absolute Gasteiger partial charge is 0.237 e. The molecule has 1 aromatic rings. The van der Waals surface area contributed by atoms with Crippen molar-refractivity contribution in [2.24, 2.45) is 0 Å². The second kappa shape index (κ2) is 7.15. The van der Waals surface area contributed by atoms with E-state index in [4.69, 9.17) is 4.74 Å². The van der Waals surface area contributed by atoms with Gasteiger partial charge >= 0.3 is 0 Å². The predicted octanol–water partition coefficient (Wildman–Crippen LogP) is 1.57. The number of nitrogens with zero attached hydrogens (tertiary/aromatic N) is 2. The minimum atomic E-state index is -0.154. The summed E-state index contributed by atoms with van der Waals surface area (Å²) in [5.74, 6) is 0.0595. The van der Waals surface area contributed by atoms with Crippen LogP contribution in [0.3, 0.4) is 0 Å². The number of rotatable bonds is 6. The number of aryl methyl sites for hydroxylation is 1. The molecule has 0 bridgehead atoms. The molecule has 0 aliphatic carbocycles. The number of thiazole rings is 1. The minimum absolute atomic E-state index is 0.0595. The molecule has 1 amide bonds. The van der Waals surface area contributed by atoms with E-state index in [9.17, 15) is 4.79 Å². The summed E-state index contributed by atoms with van der Waals surface area (Å²) >= 11 is 1.67. The van der Waals surface area contributed by atoms with Gasteiger partial charge in [-0.1, -0.05) is 0 Å². The van der Waals surface area contributed by atoms with E-state index < -0.39 is 0 Å². The summed E-state index contributed by atoms with van der Waals surface area (Å²) in [6, 6.07) is -0.154. The van der Waals surface area contributed by atoms with Gasteiger partial charge in [0.15, 0.2) is 0 Å². The van der Waals surface area contributed by atoms with E-state index in [-0.39, 0.29) is 18.1 Å². The molecule has 112 valence electrons. The van der Waals surface area contributed by atoms with Gasteiger partial charge in [0.05, 0.1) is 17.2 Å². The molecule has 2 atom stereocenters. The van der Waals surface area contributed by atoms with E-state index in [2.05, 4.69) is 10.3 Å². The molecule has 2 heterocycles. The molecule has 1 aliphatic rings. The number of hydrogen-bond donors (Lipinski definition) is 1. The quantitative estimate of drug-likeness (QED) is 0.866. The van der Waals surface area contributed by atoms with Gasteiger partial charge in [-0.25, -0.2) is 4.98 Å². The van der Waals surface area contributed by atoms with Gasteiger partial charge in [-0.15, -0.1) is 11.3 Å². The van der Waals surface area contributed by atoms with Crippen LogP contribution in [0.4, 0.5) is 0 Å². The molecule has 0 radical (unpaired) electrons. The summed E-state index contributed by atoms with van der Waals surface area (Å²) in [5, 5.41) is 4.04. The lowest BCUT2D eigenvalue weighted by Crippen LogP contribution is -2.44. The molecule has 5 nitrogen and oxygen atoms in total. The van der Waals surface area contributed by atoms with Crippen molar-refractivity contribution in [2.45, 2.75) is 45.4 Å². The summed E-state index contributed by atoms with van der Waals surface area (Å²) < 4.78 is 5.51. The van der Waals surface area contributed by atoms with Crippen molar-refractivity contribution in [2.75, 3.05) is 20.2 Å². The fraction of sp³-hybridized carbons (Fsp3) is 0.714. The number of carbonyl (C=O) groups is 1. The van der Waals surface area contributed by atoms with Crippen LogP contribution in [0.2, 0.25) is 0 Å². The maximum absolute atomic E-state index is 12.1. The minimum Gasteiger partial charge on any atom is -0.376 e. The molecule has 1 saturated heterocycles. The largest absolute Gasteiger partial charge is 0.376 e. The highest BCUT2D eigenvalue weighted by Gasteiger charge is 2.21. The van der Waals surface area contributed by atoms with Crippen molar-refractivity contribution in [1.82, 2.24) is 15.2 Å². The highest BCUT2D eigenvalue weighted by Crippen LogP contribution is 2.15. The Morgan fingerprint density at radius 2 is 2.50 bits per heavy atom. The first-order valence-corrected chi connectivity index (χ1v) is 7.88. The number of nitrogens with one attached hydrogen (secondary N) is 1. The molecule has 0 saturated carbocycles. The zero-order valence-electron chi connectivity index (χ0n) is 12.4. The van der Waals surface area contributed by atoms with Crippen molar-refractivity contribution < 1.29 is 9.53 Å². The first kappa shape index (κ1) is 15.4. The van der Waals surface area contributed by atoms with E-state index in [1.807, 2.05) is 32.0 Å². The van der Waals surface area contributed by atoms with Crippen LogP contribution in [-0.2, 0) is 16.1 Å². The van der Waals surface area contributed by atoms with Gasteiger partial charge < -0.3 is 10.1 Å². The van der Waals surface area contributed by atoms with E-state index >= 15 is 0 Å². The molecule has 6 heteroatoms. The van der Waals surface area contributed by atoms with Gasteiger partial charge in [0, 0.05) is 30.8 Å². The third kappa shape index (κ3) is 4.26. The van der Waals surface area contributed by atoms with Gasteiger partial charge in [0.1, 0.15) is 0 Å². The normalized spacial score (nSPS) is 20.3. The molecular weight excluding hydrogens is 274 g/mol. The first-order valence-electron chi connectivity index (χ1n) is 7.07. The summed E-state index contributed by atoms with van der Waals surface area (Å²) in [7, 11) is 1.96. The summed E-state index contributed by atoms with van der Waals surface area (Å²) in [6.07, 6.45) is 4.22. The zero-order valence-corrected chi connectivity index (χ0v) is 13.2. The van der Waals surface area contributed by atoms with Crippen LogP contribution < -0.4 is 5.32 Å². The van der Waals surface area contributed by atoms with Gasteiger partial charge in [-0.2, -0.15) is 0 Å². The third-order valence-corrected chi connectivity index (χ3v) is 4.54. The maximum Gasteiger partial charge on any atom is 0.237 e. The van der Waals surface area contributed by atoms with Crippen LogP contribution in [0.1, 0.15) is 29.7 Å². The van der Waals surface area contributed by atoms with E-state index in [0.29, 0.717) is 6.54 Å². The van der Waals surface area contributed by atoms with Crippen LogP contribution in [0.25, 0.3) is 0 Å². The van der Waals surface area contributed by atoms with Crippen LogP contribution >= 0.6 is 11.3 Å². The summed E-state index contributed by atoms with van der Waals surface area (Å²) in [4.78, 5) is 19.6. The lowest BCUT2D eigenvalue weighted by Gasteiger charge is -2.23. The van der Waals surface area contributed by atoms with E-state index in [1.54, 1.807) is 11.3 Å². The fourth-order valence-corrected chi connectivity index (χ4v) is 3.09. The van der Waals surface area contributed by atoms with Crippen molar-refractivity contribution in [3.8, 4) is 0 Å². The molecule has 1 aliphatic heterocycles. The summed E-state index contributed by atoms with van der Waals surface area (Å²) in [5.41, 5.74) is 0. The highest BCUT2D eigenvalue weighted by molar-refractivity contribution is 7.11. The molecule has 0 aromatic carbocycles. The van der Waals surface area contributed by atoms with Gasteiger partial charge in [-0.3, -0.25) is 9.69 Å². The fourth-order valence-electron chi connectivity index (χ4n) is 2.23. The average Bonchev–Trinajstić information content (AvgIpc) is 3.06. The molecule has 2 unspecified atom stereocenters. The Balaban J connectivity index is 1.76. The molecule has 0 spiro atoms. The Labute approximate surface area is 124 Å². The lowest BCUT2D eigenvalue weighted by atomic mass is 10.2. The Morgan fingerprint density at radius 3 is 3.10 bits per heavy atom. The van der Waals surface area contributed by atoms with Crippen molar-refractivity contribution in [1.29, 1.82) is 0 Å². The zero-order chi connectivity index (χ0) is 14.5. The Bertz CT molecular complexity index is 443. The van der Waals surface area contributed by atoms with Crippen LogP contribution in [0.5, 0.6) is 0 Å². The van der Waals surface area contributed by atoms with E-state index in [0.717, 1.165) is 31.0 Å². The third-order valence-electron chi connectivity index (χ3n) is 3.64. The standard InChI is InChI=1S/C14H23N3O2S/c1-10(14(18)16-7-12-5-4-6-19-12)17(3)9-13-8-15-11(2)20-13/h8,10,12H,4-7,9H2,1-3H3,(H,16,18). The van der Waals surface area contributed by atoms with Crippen LogP contribution in [0, 0.1) is 6.92 Å². The second-order valence-corrected chi connectivity index (χ2v) is 6.64. The molecule has 1 N–H and O–H groups in total. The Kier molecular flexibility index (Phi) is 5.51. The number of hydrogen-bond acceptors (Lipinski definition) is 5. The van der Waals surface area contributed by atoms with Crippen LogP contribution in [-0.4, -0.2) is 48.1 Å². The maximum atomic E-state index is 12.1.